The molecule has 5 atom stereocenters. The Morgan fingerprint density at radius 3 is 2.38 bits per heavy atom. The van der Waals surface area contributed by atoms with E-state index in [1.807, 2.05) is 6.08 Å². The molecule has 0 aromatic heterocycles. The predicted molar refractivity (Wildman–Crippen MR) is 166 cm³/mol. The molecule has 2 aliphatic heterocycles. The first kappa shape index (κ1) is 32.2. The molecule has 0 unspecified atom stereocenters. The van der Waals surface area contributed by atoms with Gasteiger partial charge in [0.2, 0.25) is 6.29 Å². The monoisotopic (exact) mass is 643 g/mol. The van der Waals surface area contributed by atoms with E-state index >= 15 is 0 Å². The lowest BCUT2D eigenvalue weighted by atomic mass is 9.77. The van der Waals surface area contributed by atoms with Crippen LogP contribution in [0.15, 0.2) is 59.1 Å². The zero-order valence-corrected chi connectivity index (χ0v) is 25.5. The van der Waals surface area contributed by atoms with Crippen molar-refractivity contribution in [3.8, 4) is 17.2 Å². The number of aromatic hydroxyl groups is 1. The quantitative estimate of drug-likeness (QED) is 0.139. The minimum atomic E-state index is -1.73. The maximum Gasteiger partial charge on any atom is 0.308 e. The van der Waals surface area contributed by atoms with Gasteiger partial charge in [0.1, 0.15) is 35.6 Å². The molecule has 3 aromatic carbocycles. The van der Waals surface area contributed by atoms with Crippen LogP contribution in [0.4, 0.5) is 0 Å². The molecular formula is C35H33NO11. The van der Waals surface area contributed by atoms with Gasteiger partial charge in [0.25, 0.3) is 0 Å². The van der Waals surface area contributed by atoms with E-state index in [0.29, 0.717) is 23.2 Å². The first-order chi connectivity index (χ1) is 22.5. The van der Waals surface area contributed by atoms with Crippen molar-refractivity contribution in [2.75, 3.05) is 6.54 Å². The Labute approximate surface area is 269 Å². The topological polar surface area (TPSA) is 192 Å². The Morgan fingerprint density at radius 2 is 1.68 bits per heavy atom. The van der Waals surface area contributed by atoms with Crippen LogP contribution in [0.5, 0.6) is 17.2 Å². The van der Waals surface area contributed by atoms with E-state index in [1.54, 1.807) is 30.5 Å². The highest BCUT2D eigenvalue weighted by molar-refractivity contribution is 6.30. The lowest BCUT2D eigenvalue weighted by Gasteiger charge is -2.39. The molecule has 2 heterocycles. The number of aliphatic hydroxyl groups is 4. The van der Waals surface area contributed by atoms with Crippen LogP contribution in [0.25, 0.3) is 0 Å². The maximum atomic E-state index is 14.4. The van der Waals surface area contributed by atoms with E-state index in [0.717, 1.165) is 0 Å². The molecule has 12 nitrogen and oxygen atoms in total. The maximum absolute atomic E-state index is 14.4. The van der Waals surface area contributed by atoms with E-state index in [1.165, 1.54) is 32.0 Å². The van der Waals surface area contributed by atoms with Crippen molar-refractivity contribution < 1.29 is 54.1 Å². The minimum Gasteiger partial charge on any atom is -0.507 e. The van der Waals surface area contributed by atoms with Gasteiger partial charge >= 0.3 is 5.97 Å². The summed E-state index contributed by atoms with van der Waals surface area (Å²) in [5.41, 5.74) is 1.74. The zero-order chi connectivity index (χ0) is 33.6. The number of fused-ring (bicyclic) bond motifs is 2. The van der Waals surface area contributed by atoms with Crippen LogP contribution in [-0.4, -0.2) is 86.5 Å². The van der Waals surface area contributed by atoms with Gasteiger partial charge in [-0.3, -0.25) is 19.4 Å². The predicted octanol–water partition coefficient (Wildman–Crippen LogP) is 1.94. The number of rotatable bonds is 8. The first-order valence-electron chi connectivity index (χ1n) is 15.0. The fraction of sp³-hybridized carbons (Fsp3) is 0.314. The average molecular weight is 644 g/mol. The summed E-state index contributed by atoms with van der Waals surface area (Å²) in [5.74, 6) is -2.46. The van der Waals surface area contributed by atoms with E-state index in [4.69, 9.17) is 14.2 Å². The third-order valence-electron chi connectivity index (χ3n) is 8.51. The van der Waals surface area contributed by atoms with E-state index < -0.39 is 54.0 Å². The summed E-state index contributed by atoms with van der Waals surface area (Å²) < 4.78 is 17.2. The number of phenolic OH excluding ortho intramolecular Hbond substituents is 1. The SMILES string of the molecule is CC(=O)Oc1ccc2c(c1)C(=O)c1c(CC3=CCN=C3)c(O[C@H]3O[C@@H](C)[C@@H](O)[C@@H](O)[C@H]3O)c(Cc3cccc(CO)c3)c(O)c1C2=O. The van der Waals surface area contributed by atoms with Crippen LogP contribution in [0, 0.1) is 0 Å². The molecule has 1 fully saturated rings. The summed E-state index contributed by atoms with van der Waals surface area (Å²) in [5, 5.41) is 53.4. The van der Waals surface area contributed by atoms with Crippen LogP contribution in [-0.2, 0) is 29.0 Å². The molecule has 0 saturated carbocycles. The van der Waals surface area contributed by atoms with Gasteiger partial charge in [0.15, 0.2) is 11.6 Å². The fourth-order valence-corrected chi connectivity index (χ4v) is 6.16. The van der Waals surface area contributed by atoms with Crippen molar-refractivity contribution in [2.24, 2.45) is 4.99 Å². The minimum absolute atomic E-state index is 0.000151. The van der Waals surface area contributed by atoms with Crippen LogP contribution >= 0.6 is 0 Å². The van der Waals surface area contributed by atoms with Crippen LogP contribution in [0.2, 0.25) is 0 Å². The van der Waals surface area contributed by atoms with Crippen LogP contribution in [0.3, 0.4) is 0 Å². The number of phenols is 1. The molecule has 0 bridgehead atoms. The molecule has 0 amide bonds. The smallest absolute Gasteiger partial charge is 0.308 e. The number of allylic oxidation sites excluding steroid dienone is 1. The summed E-state index contributed by atoms with van der Waals surface area (Å²) in [6.45, 7) is 2.84. The van der Waals surface area contributed by atoms with Gasteiger partial charge in [-0.1, -0.05) is 30.3 Å². The number of carbonyl (C=O) groups is 3. The summed E-state index contributed by atoms with van der Waals surface area (Å²) in [6, 6.07) is 10.9. The van der Waals surface area contributed by atoms with E-state index in [9.17, 15) is 39.9 Å². The number of benzene rings is 3. The Morgan fingerprint density at radius 1 is 0.936 bits per heavy atom. The summed E-state index contributed by atoms with van der Waals surface area (Å²) in [4.78, 5) is 44.4. The fourth-order valence-electron chi connectivity index (χ4n) is 6.16. The normalized spacial score (nSPS) is 23.3. The molecule has 47 heavy (non-hydrogen) atoms. The number of aliphatic imine (C=N–C) groups is 1. The molecule has 6 rings (SSSR count). The summed E-state index contributed by atoms with van der Waals surface area (Å²) in [7, 11) is 0. The molecule has 244 valence electrons. The van der Waals surface area contributed by atoms with Crippen molar-refractivity contribution >= 4 is 23.8 Å². The van der Waals surface area contributed by atoms with Gasteiger partial charge in [-0.05, 0) is 41.8 Å². The second-order valence-corrected chi connectivity index (χ2v) is 11.7. The first-order valence-corrected chi connectivity index (χ1v) is 15.0. The van der Waals surface area contributed by atoms with E-state index in [2.05, 4.69) is 4.99 Å². The van der Waals surface area contributed by atoms with Crippen molar-refractivity contribution in [3.05, 3.63) is 98.6 Å². The average Bonchev–Trinajstić information content (AvgIpc) is 3.57. The Kier molecular flexibility index (Phi) is 8.79. The van der Waals surface area contributed by atoms with Crippen molar-refractivity contribution in [1.82, 2.24) is 0 Å². The number of ether oxygens (including phenoxy) is 3. The number of hydrogen-bond donors (Lipinski definition) is 5. The summed E-state index contributed by atoms with van der Waals surface area (Å²) >= 11 is 0. The number of nitrogens with zero attached hydrogens (tertiary/aromatic N) is 1. The second kappa shape index (κ2) is 12.8. The lowest BCUT2D eigenvalue weighted by Crippen LogP contribution is -2.58. The number of aliphatic hydroxyl groups excluding tert-OH is 4. The van der Waals surface area contributed by atoms with E-state index in [-0.39, 0.29) is 64.3 Å². The Balaban J connectivity index is 1.60. The highest BCUT2D eigenvalue weighted by Gasteiger charge is 2.45. The third kappa shape index (κ3) is 5.97. The number of carbonyl (C=O) groups excluding carboxylic acids is 3. The van der Waals surface area contributed by atoms with Gasteiger partial charge in [-0.15, -0.1) is 0 Å². The van der Waals surface area contributed by atoms with Gasteiger partial charge < -0.3 is 39.7 Å². The van der Waals surface area contributed by atoms with Gasteiger partial charge in [0.05, 0.1) is 24.8 Å². The second-order valence-electron chi connectivity index (χ2n) is 11.7. The molecule has 1 saturated heterocycles. The summed E-state index contributed by atoms with van der Waals surface area (Å²) in [6.07, 6.45) is -3.87. The standard InChI is InChI=1S/C35H33NO11/c1-16-28(39)32(43)33(44)35(45-16)47-34-24(12-19-8-9-36-14-19)26-27(31(42)25(34)11-18-4-3-5-20(10-18)15-37)29(40)22-7-6-21(46-17(2)38)13-23(22)30(26)41/h3-8,10,13-14,16,28,32-33,35,37,39,42-44H,9,11-12,15H2,1-2H3/t16-,28+,32+,33+,35+/m0/s1. The number of esters is 1. The molecule has 0 spiro atoms. The van der Waals surface area contributed by atoms with Gasteiger partial charge in [-0.2, -0.15) is 0 Å². The van der Waals surface area contributed by atoms with Crippen LogP contribution < -0.4 is 9.47 Å². The van der Waals surface area contributed by atoms with Crippen molar-refractivity contribution in [2.45, 2.75) is 64.0 Å². The molecule has 12 heteroatoms. The molecular weight excluding hydrogens is 610 g/mol. The number of ketones is 2. The van der Waals surface area contributed by atoms with Crippen LogP contribution in [0.1, 0.15) is 67.9 Å². The lowest BCUT2D eigenvalue weighted by molar-refractivity contribution is -0.268. The van der Waals surface area contributed by atoms with Gasteiger partial charge in [0, 0.05) is 53.8 Å². The van der Waals surface area contributed by atoms with Gasteiger partial charge in [-0.25, -0.2) is 0 Å². The molecule has 5 N–H and O–H groups in total. The molecule has 1 aliphatic carbocycles. The highest BCUT2D eigenvalue weighted by atomic mass is 16.7. The highest BCUT2D eigenvalue weighted by Crippen LogP contribution is 2.46. The third-order valence-corrected chi connectivity index (χ3v) is 8.51. The molecule has 0 radical (unpaired) electrons. The van der Waals surface area contributed by atoms with Crippen molar-refractivity contribution in [1.29, 1.82) is 0 Å². The largest absolute Gasteiger partial charge is 0.507 e. The Hall–Kier alpha value is -4.72. The zero-order valence-electron chi connectivity index (χ0n) is 25.5. The molecule has 3 aromatic rings. The van der Waals surface area contributed by atoms with Crippen molar-refractivity contribution in [3.63, 3.8) is 0 Å². The Bertz CT molecular complexity index is 1850. The number of hydrogen-bond acceptors (Lipinski definition) is 12. The molecule has 3 aliphatic rings.